The second-order valence-electron chi connectivity index (χ2n) is 7.81. The summed E-state index contributed by atoms with van der Waals surface area (Å²) in [6.45, 7) is 4.97. The normalized spacial score (nSPS) is 10.6. The molecular weight excluding hydrogens is 432 g/mol. The smallest absolute Gasteiger partial charge is 0.258 e. The Morgan fingerprint density at radius 3 is 2.44 bits per heavy atom. The molecule has 0 atom stereocenters. The molecule has 0 saturated heterocycles. The second kappa shape index (κ2) is 11.9. The molecule has 0 radical (unpaired) electrons. The van der Waals surface area contributed by atoms with Gasteiger partial charge in [-0.25, -0.2) is 4.68 Å². The van der Waals surface area contributed by atoms with Gasteiger partial charge < -0.3 is 19.7 Å². The van der Waals surface area contributed by atoms with E-state index in [2.05, 4.69) is 5.32 Å². The summed E-state index contributed by atoms with van der Waals surface area (Å²) < 4.78 is 12.6. The Labute approximate surface area is 200 Å². The summed E-state index contributed by atoms with van der Waals surface area (Å²) in [5.74, 6) is 0.735. The van der Waals surface area contributed by atoms with Crippen LogP contribution in [0.25, 0.3) is 16.9 Å². The molecule has 0 spiro atoms. The van der Waals surface area contributed by atoms with Crippen molar-refractivity contribution in [2.75, 3.05) is 33.9 Å². The average Bonchev–Trinajstić information content (AvgIpc) is 3.32. The lowest BCUT2D eigenvalue weighted by Gasteiger charge is -2.21. The van der Waals surface area contributed by atoms with Gasteiger partial charge in [0.15, 0.2) is 0 Å². The van der Waals surface area contributed by atoms with Crippen molar-refractivity contribution in [3.8, 4) is 28.4 Å². The first kappa shape index (κ1) is 24.8. The Bertz CT molecular complexity index is 1110. The lowest BCUT2D eigenvalue weighted by Crippen LogP contribution is -2.41. The SMILES string of the molecule is CCCNC(=O)CN(CCC)C(=O)c1cn(-c2ccccc2)nc1-c1cc(OC)ccc1OC. The number of ether oxygens (including phenoxy) is 2. The van der Waals surface area contributed by atoms with Crippen LogP contribution in [0.1, 0.15) is 37.0 Å². The minimum Gasteiger partial charge on any atom is -0.497 e. The van der Waals surface area contributed by atoms with E-state index in [-0.39, 0.29) is 18.4 Å². The maximum atomic E-state index is 13.8. The summed E-state index contributed by atoms with van der Waals surface area (Å²) in [5.41, 5.74) is 2.28. The quantitative estimate of drug-likeness (QED) is 0.465. The Morgan fingerprint density at radius 1 is 1.03 bits per heavy atom. The van der Waals surface area contributed by atoms with Crippen LogP contribution in [-0.4, -0.2) is 60.3 Å². The minimum atomic E-state index is -0.268. The van der Waals surface area contributed by atoms with Gasteiger partial charge in [-0.1, -0.05) is 32.0 Å². The maximum Gasteiger partial charge on any atom is 0.258 e. The second-order valence-corrected chi connectivity index (χ2v) is 7.81. The fourth-order valence-corrected chi connectivity index (χ4v) is 3.63. The largest absolute Gasteiger partial charge is 0.497 e. The Kier molecular flexibility index (Phi) is 8.67. The van der Waals surface area contributed by atoms with E-state index in [4.69, 9.17) is 14.6 Å². The van der Waals surface area contributed by atoms with E-state index >= 15 is 0 Å². The van der Waals surface area contributed by atoms with Gasteiger partial charge in [-0.05, 0) is 43.2 Å². The maximum absolute atomic E-state index is 13.8. The van der Waals surface area contributed by atoms with Gasteiger partial charge in [-0.15, -0.1) is 0 Å². The lowest BCUT2D eigenvalue weighted by atomic mass is 10.1. The number of carbonyl (C=O) groups is 2. The molecule has 0 aliphatic carbocycles. The molecule has 1 heterocycles. The predicted octanol–water partition coefficient (Wildman–Crippen LogP) is 3.93. The number of nitrogens with one attached hydrogen (secondary N) is 1. The molecule has 180 valence electrons. The molecule has 2 aromatic carbocycles. The zero-order chi connectivity index (χ0) is 24.5. The van der Waals surface area contributed by atoms with E-state index in [0.29, 0.717) is 41.4 Å². The van der Waals surface area contributed by atoms with Crippen LogP contribution in [0.15, 0.2) is 54.7 Å². The van der Waals surface area contributed by atoms with E-state index in [1.54, 1.807) is 48.2 Å². The number of para-hydroxylation sites is 1. The molecule has 3 rings (SSSR count). The molecule has 2 amide bonds. The first-order valence-electron chi connectivity index (χ1n) is 11.5. The van der Waals surface area contributed by atoms with E-state index in [1.165, 1.54) is 0 Å². The van der Waals surface area contributed by atoms with Crippen molar-refractivity contribution in [3.63, 3.8) is 0 Å². The number of rotatable bonds is 11. The number of hydrogen-bond acceptors (Lipinski definition) is 5. The van der Waals surface area contributed by atoms with Crippen molar-refractivity contribution in [3.05, 3.63) is 60.3 Å². The summed E-state index contributed by atoms with van der Waals surface area (Å²) in [6, 6.07) is 14.9. The van der Waals surface area contributed by atoms with Crippen LogP contribution in [0.3, 0.4) is 0 Å². The van der Waals surface area contributed by atoms with Gasteiger partial charge in [0.05, 0.1) is 32.0 Å². The van der Waals surface area contributed by atoms with Crippen LogP contribution in [0.5, 0.6) is 11.5 Å². The van der Waals surface area contributed by atoms with Gasteiger partial charge in [0.1, 0.15) is 17.2 Å². The van der Waals surface area contributed by atoms with E-state index in [0.717, 1.165) is 18.5 Å². The standard InChI is InChI=1S/C26H32N4O4/c1-5-14-27-24(31)18-29(15-6-2)26(32)22-17-30(19-10-8-7-9-11-19)28-25(22)21-16-20(33-3)12-13-23(21)34-4/h7-13,16-17H,5-6,14-15,18H2,1-4H3,(H,27,31). The molecule has 1 aromatic heterocycles. The third-order valence-corrected chi connectivity index (χ3v) is 5.31. The third-order valence-electron chi connectivity index (χ3n) is 5.31. The summed E-state index contributed by atoms with van der Waals surface area (Å²) in [4.78, 5) is 27.7. The summed E-state index contributed by atoms with van der Waals surface area (Å²) in [7, 11) is 3.15. The Morgan fingerprint density at radius 2 is 1.79 bits per heavy atom. The molecular formula is C26H32N4O4. The monoisotopic (exact) mass is 464 g/mol. The van der Waals surface area contributed by atoms with Crippen LogP contribution < -0.4 is 14.8 Å². The van der Waals surface area contributed by atoms with Crippen molar-refractivity contribution in [1.82, 2.24) is 20.0 Å². The highest BCUT2D eigenvalue weighted by molar-refractivity contribution is 6.02. The van der Waals surface area contributed by atoms with E-state index < -0.39 is 0 Å². The molecule has 0 aliphatic rings. The van der Waals surface area contributed by atoms with Gasteiger partial charge >= 0.3 is 0 Å². The topological polar surface area (TPSA) is 85.7 Å². The molecule has 8 nitrogen and oxygen atoms in total. The fraction of sp³-hybridized carbons (Fsp3) is 0.346. The van der Waals surface area contributed by atoms with Gasteiger partial charge in [-0.3, -0.25) is 9.59 Å². The highest BCUT2D eigenvalue weighted by Crippen LogP contribution is 2.35. The highest BCUT2D eigenvalue weighted by atomic mass is 16.5. The molecule has 0 saturated carbocycles. The number of amides is 2. The molecule has 8 heteroatoms. The van der Waals surface area contributed by atoms with Crippen LogP contribution in [0.4, 0.5) is 0 Å². The molecule has 3 aromatic rings. The molecule has 0 bridgehead atoms. The number of aromatic nitrogens is 2. The van der Waals surface area contributed by atoms with E-state index in [1.807, 2.05) is 44.2 Å². The summed E-state index contributed by atoms with van der Waals surface area (Å²) >= 11 is 0. The highest BCUT2D eigenvalue weighted by Gasteiger charge is 2.26. The van der Waals surface area contributed by atoms with Crippen molar-refractivity contribution in [2.45, 2.75) is 26.7 Å². The molecule has 0 unspecified atom stereocenters. The fourth-order valence-electron chi connectivity index (χ4n) is 3.63. The van der Waals surface area contributed by atoms with Crippen molar-refractivity contribution in [1.29, 1.82) is 0 Å². The van der Waals surface area contributed by atoms with Crippen molar-refractivity contribution < 1.29 is 19.1 Å². The molecule has 34 heavy (non-hydrogen) atoms. The Hall–Kier alpha value is -3.81. The number of carbonyl (C=O) groups excluding carboxylic acids is 2. The summed E-state index contributed by atoms with van der Waals surface area (Å²) in [6.07, 6.45) is 3.26. The van der Waals surface area contributed by atoms with Gasteiger partial charge in [-0.2, -0.15) is 5.10 Å². The third kappa shape index (κ3) is 5.75. The van der Waals surface area contributed by atoms with Crippen molar-refractivity contribution in [2.24, 2.45) is 0 Å². The predicted molar refractivity (Wildman–Crippen MR) is 132 cm³/mol. The van der Waals surface area contributed by atoms with Crippen LogP contribution in [-0.2, 0) is 4.79 Å². The molecule has 0 aliphatic heterocycles. The minimum absolute atomic E-state index is 0.0160. The van der Waals surface area contributed by atoms with Crippen LogP contribution in [0, 0.1) is 0 Å². The summed E-state index contributed by atoms with van der Waals surface area (Å²) in [5, 5.41) is 7.61. The molecule has 0 fully saturated rings. The molecule has 1 N–H and O–H groups in total. The van der Waals surface area contributed by atoms with Gasteiger partial charge in [0.25, 0.3) is 5.91 Å². The number of benzene rings is 2. The average molecular weight is 465 g/mol. The Balaban J connectivity index is 2.10. The number of nitrogens with zero attached hydrogens (tertiary/aromatic N) is 3. The zero-order valence-corrected chi connectivity index (χ0v) is 20.2. The number of hydrogen-bond donors (Lipinski definition) is 1. The lowest BCUT2D eigenvalue weighted by molar-refractivity contribution is -0.121. The first-order valence-corrected chi connectivity index (χ1v) is 11.5. The van der Waals surface area contributed by atoms with Gasteiger partial charge in [0.2, 0.25) is 5.91 Å². The van der Waals surface area contributed by atoms with Gasteiger partial charge in [0, 0.05) is 24.8 Å². The van der Waals surface area contributed by atoms with Crippen LogP contribution >= 0.6 is 0 Å². The van der Waals surface area contributed by atoms with Crippen molar-refractivity contribution >= 4 is 11.8 Å². The van der Waals surface area contributed by atoms with E-state index in [9.17, 15) is 9.59 Å². The van der Waals surface area contributed by atoms with Crippen LogP contribution in [0.2, 0.25) is 0 Å². The zero-order valence-electron chi connectivity index (χ0n) is 20.2. The number of methoxy groups -OCH3 is 2. The first-order chi connectivity index (χ1) is 16.5.